The van der Waals surface area contributed by atoms with E-state index in [2.05, 4.69) is 35.0 Å². The number of alkyl halides is 1. The summed E-state index contributed by atoms with van der Waals surface area (Å²) < 4.78 is 38.8. The summed E-state index contributed by atoms with van der Waals surface area (Å²) >= 11 is 3.61. The van der Waals surface area contributed by atoms with Crippen LogP contribution >= 0.6 is 15.9 Å². The van der Waals surface area contributed by atoms with E-state index in [1.807, 2.05) is 6.92 Å². The molecule has 0 amide bonds. The van der Waals surface area contributed by atoms with Crippen molar-refractivity contribution in [1.29, 1.82) is 0 Å². The van der Waals surface area contributed by atoms with Crippen molar-refractivity contribution in [2.75, 3.05) is 54.9 Å². The molecule has 9 nitrogen and oxygen atoms in total. The quantitative estimate of drug-likeness (QED) is 0.103. The molecule has 0 heterocycles. The SMILES string of the molecule is CCOC(=O)C(Br)C[C@@H]1[C@H]2C[C@H](C)[C@H](OCOC)[C@H]2C=C[C@@H]1C[C@H](C[C@H](CCO)OCOC)OCOC. The van der Waals surface area contributed by atoms with Crippen LogP contribution in [0.25, 0.3) is 0 Å². The zero-order valence-corrected chi connectivity index (χ0v) is 24.6. The number of esters is 1. The maximum Gasteiger partial charge on any atom is 0.319 e. The van der Waals surface area contributed by atoms with Gasteiger partial charge in [-0.05, 0) is 56.3 Å². The third-order valence-corrected chi connectivity index (χ3v) is 8.26. The molecule has 0 spiro atoms. The smallest absolute Gasteiger partial charge is 0.319 e. The first-order valence-electron chi connectivity index (χ1n) is 13.3. The van der Waals surface area contributed by atoms with Crippen LogP contribution in [0.3, 0.4) is 0 Å². The molecule has 0 aromatic rings. The van der Waals surface area contributed by atoms with Gasteiger partial charge in [-0.15, -0.1) is 0 Å². The molecule has 1 N–H and O–H groups in total. The zero-order chi connectivity index (χ0) is 27.2. The molecular weight excluding hydrogens is 548 g/mol. The van der Waals surface area contributed by atoms with Gasteiger partial charge in [-0.2, -0.15) is 0 Å². The number of ether oxygens (including phenoxy) is 7. The number of aliphatic hydroxyl groups excluding tert-OH is 1. The number of aliphatic hydroxyl groups is 1. The second-order valence-electron chi connectivity index (χ2n) is 10.0. The van der Waals surface area contributed by atoms with Gasteiger partial charge < -0.3 is 38.3 Å². The van der Waals surface area contributed by atoms with Gasteiger partial charge in [0.1, 0.15) is 25.2 Å². The van der Waals surface area contributed by atoms with Crippen LogP contribution in [0, 0.1) is 29.6 Å². The van der Waals surface area contributed by atoms with Gasteiger partial charge in [0.15, 0.2) is 0 Å². The van der Waals surface area contributed by atoms with E-state index >= 15 is 0 Å². The molecule has 1 unspecified atom stereocenters. The Labute approximate surface area is 230 Å². The van der Waals surface area contributed by atoms with Gasteiger partial charge in [0, 0.05) is 40.3 Å². The Kier molecular flexibility index (Phi) is 15.8. The van der Waals surface area contributed by atoms with Crippen LogP contribution < -0.4 is 0 Å². The summed E-state index contributed by atoms with van der Waals surface area (Å²) in [7, 11) is 4.82. The fourth-order valence-corrected chi connectivity index (χ4v) is 6.51. The second-order valence-corrected chi connectivity index (χ2v) is 11.1. The average Bonchev–Trinajstić information content (AvgIpc) is 3.20. The van der Waals surface area contributed by atoms with E-state index in [0.29, 0.717) is 37.7 Å². The first kappa shape index (κ1) is 32.6. The van der Waals surface area contributed by atoms with Crippen LogP contribution in [-0.2, 0) is 38.0 Å². The molecule has 9 atom stereocenters. The van der Waals surface area contributed by atoms with Crippen molar-refractivity contribution in [2.45, 2.75) is 69.1 Å². The number of halogens is 1. The zero-order valence-electron chi connectivity index (χ0n) is 23.0. The third-order valence-electron chi connectivity index (χ3n) is 7.51. The topological polar surface area (TPSA) is 102 Å². The highest BCUT2D eigenvalue weighted by molar-refractivity contribution is 9.10. The lowest BCUT2D eigenvalue weighted by Gasteiger charge is -2.40. The van der Waals surface area contributed by atoms with Crippen molar-refractivity contribution in [3.05, 3.63) is 12.2 Å². The molecule has 2 aliphatic rings. The van der Waals surface area contributed by atoms with E-state index < -0.39 is 0 Å². The van der Waals surface area contributed by atoms with Crippen LogP contribution in [0.1, 0.15) is 46.0 Å². The summed E-state index contributed by atoms with van der Waals surface area (Å²) in [5.74, 6) is 1.19. The van der Waals surface area contributed by atoms with E-state index in [0.717, 1.165) is 12.8 Å². The maximum absolute atomic E-state index is 12.5. The second kappa shape index (κ2) is 17.9. The molecule has 0 aromatic carbocycles. The molecular formula is C27H47BrO9. The molecule has 2 rings (SSSR count). The lowest BCUT2D eigenvalue weighted by molar-refractivity contribution is -0.142. The van der Waals surface area contributed by atoms with Gasteiger partial charge in [0.25, 0.3) is 0 Å². The monoisotopic (exact) mass is 594 g/mol. The molecule has 37 heavy (non-hydrogen) atoms. The molecule has 2 aliphatic carbocycles. The number of fused-ring (bicyclic) bond motifs is 1. The minimum absolute atomic E-state index is 0.0205. The largest absolute Gasteiger partial charge is 0.465 e. The Balaban J connectivity index is 2.26. The van der Waals surface area contributed by atoms with Gasteiger partial charge in [-0.25, -0.2) is 0 Å². The van der Waals surface area contributed by atoms with E-state index in [-0.39, 0.29) is 73.8 Å². The summed E-state index contributed by atoms with van der Waals surface area (Å²) in [6.45, 7) is 5.02. The van der Waals surface area contributed by atoms with Crippen molar-refractivity contribution in [3.63, 3.8) is 0 Å². The number of allylic oxidation sites excluding steroid dienone is 1. The summed E-state index contributed by atoms with van der Waals surface area (Å²) in [5.41, 5.74) is 0. The van der Waals surface area contributed by atoms with Crippen molar-refractivity contribution in [3.8, 4) is 0 Å². The molecule has 0 bridgehead atoms. The van der Waals surface area contributed by atoms with Crippen molar-refractivity contribution < 1.29 is 43.1 Å². The van der Waals surface area contributed by atoms with Crippen LogP contribution in [0.15, 0.2) is 12.2 Å². The first-order chi connectivity index (χ1) is 17.9. The minimum Gasteiger partial charge on any atom is -0.465 e. The van der Waals surface area contributed by atoms with E-state index in [9.17, 15) is 9.90 Å². The summed E-state index contributed by atoms with van der Waals surface area (Å²) in [5, 5.41) is 9.53. The molecule has 0 saturated heterocycles. The Hall–Kier alpha value is -0.590. The third kappa shape index (κ3) is 10.1. The number of methoxy groups -OCH3 is 3. The lowest BCUT2D eigenvalue weighted by Crippen LogP contribution is -2.38. The number of hydrogen-bond donors (Lipinski definition) is 1. The van der Waals surface area contributed by atoms with Gasteiger partial charge in [-0.3, -0.25) is 4.79 Å². The predicted molar refractivity (Wildman–Crippen MR) is 142 cm³/mol. The van der Waals surface area contributed by atoms with E-state index in [1.54, 1.807) is 21.3 Å². The maximum atomic E-state index is 12.5. The molecule has 1 saturated carbocycles. The molecule has 1 fully saturated rings. The number of hydrogen-bond acceptors (Lipinski definition) is 9. The van der Waals surface area contributed by atoms with Gasteiger partial charge >= 0.3 is 5.97 Å². The lowest BCUT2D eigenvalue weighted by atomic mass is 9.68. The Morgan fingerprint density at radius 2 is 1.70 bits per heavy atom. The highest BCUT2D eigenvalue weighted by atomic mass is 79.9. The minimum atomic E-state index is -0.383. The Morgan fingerprint density at radius 3 is 2.32 bits per heavy atom. The Bertz CT molecular complexity index is 664. The molecule has 0 aliphatic heterocycles. The number of carbonyl (C=O) groups is 1. The highest BCUT2D eigenvalue weighted by Crippen LogP contribution is 2.51. The van der Waals surface area contributed by atoms with Crippen molar-refractivity contribution >= 4 is 21.9 Å². The fraction of sp³-hybridized carbons (Fsp3) is 0.889. The van der Waals surface area contributed by atoms with E-state index in [4.69, 9.17) is 33.2 Å². The standard InChI is InChI=1S/C27H47BrO9/c1-6-34-27(30)25(28)14-23-19(7-8-22-24(23)11-18(2)26(22)37-17-33-5)12-21(36-16-32-4)13-20(9-10-29)35-15-31-3/h7-8,18-26,29H,6,9-17H2,1-5H3/t18-,19+,20-,21+,22-,23-,24-,25?,26-/m0/s1. The molecule has 0 radical (unpaired) electrons. The van der Waals surface area contributed by atoms with Crippen LogP contribution in [0.5, 0.6) is 0 Å². The molecule has 0 aromatic heterocycles. The Morgan fingerprint density at radius 1 is 1.03 bits per heavy atom. The summed E-state index contributed by atoms with van der Waals surface area (Å²) in [4.78, 5) is 12.2. The van der Waals surface area contributed by atoms with Crippen molar-refractivity contribution in [2.24, 2.45) is 29.6 Å². The average molecular weight is 596 g/mol. The molecule has 216 valence electrons. The molecule has 10 heteroatoms. The first-order valence-corrected chi connectivity index (χ1v) is 14.2. The van der Waals surface area contributed by atoms with Crippen LogP contribution in [-0.4, -0.2) is 89.1 Å². The summed E-state index contributed by atoms with van der Waals surface area (Å²) in [6, 6.07) is 0. The predicted octanol–water partition coefficient (Wildman–Crippen LogP) is 3.91. The van der Waals surface area contributed by atoms with Crippen LogP contribution in [0.4, 0.5) is 0 Å². The van der Waals surface area contributed by atoms with E-state index in [1.165, 1.54) is 0 Å². The highest BCUT2D eigenvalue weighted by Gasteiger charge is 2.48. The van der Waals surface area contributed by atoms with Gasteiger partial charge in [0.2, 0.25) is 0 Å². The normalized spacial score (nSPS) is 29.6. The van der Waals surface area contributed by atoms with Crippen molar-refractivity contribution in [1.82, 2.24) is 0 Å². The fourth-order valence-electron chi connectivity index (χ4n) is 5.95. The number of rotatable bonds is 19. The van der Waals surface area contributed by atoms with Gasteiger partial charge in [-0.1, -0.05) is 35.0 Å². The van der Waals surface area contributed by atoms with Gasteiger partial charge in [0.05, 0.1) is 24.9 Å². The summed E-state index contributed by atoms with van der Waals surface area (Å²) in [6.07, 6.45) is 7.81. The number of carbonyl (C=O) groups excluding carboxylic acids is 1. The van der Waals surface area contributed by atoms with Crippen LogP contribution in [0.2, 0.25) is 0 Å².